The van der Waals surface area contributed by atoms with Crippen LogP contribution in [0.25, 0.3) is 11.0 Å². The van der Waals surface area contributed by atoms with E-state index in [4.69, 9.17) is 9.15 Å². The smallest absolute Gasteiger partial charge is 0.379 e. The number of amides is 1. The molecule has 1 aliphatic heterocycles. The zero-order valence-electron chi connectivity index (χ0n) is 16.3. The number of nitrogens with zero attached hydrogens (tertiary/aromatic N) is 2. The van der Waals surface area contributed by atoms with Crippen LogP contribution in [-0.2, 0) is 17.0 Å². The van der Waals surface area contributed by atoms with E-state index in [1.165, 1.54) is 11.8 Å². The van der Waals surface area contributed by atoms with E-state index in [1.807, 2.05) is 24.3 Å². The molecule has 1 N–H and O–H groups in total. The summed E-state index contributed by atoms with van der Waals surface area (Å²) in [4.78, 5) is 33.0. The Kier molecular flexibility index (Phi) is 5.13. The molecule has 2 aromatic carbocycles. The number of anilines is 1. The summed E-state index contributed by atoms with van der Waals surface area (Å²) >= 11 is 1.42. The first-order valence-electron chi connectivity index (χ1n) is 9.72. The maximum Gasteiger partial charge on any atom is 0.379 e. The minimum atomic E-state index is -0.569. The number of thioether (sulfide) groups is 1. The van der Waals surface area contributed by atoms with Crippen molar-refractivity contribution < 1.29 is 18.7 Å². The van der Waals surface area contributed by atoms with Gasteiger partial charge >= 0.3 is 5.97 Å². The summed E-state index contributed by atoms with van der Waals surface area (Å²) in [6.45, 7) is 0. The van der Waals surface area contributed by atoms with Crippen molar-refractivity contribution >= 4 is 40.3 Å². The molecule has 7 nitrogen and oxygen atoms in total. The van der Waals surface area contributed by atoms with Crippen LogP contribution < -0.4 is 10.1 Å². The molecule has 0 unspecified atom stereocenters. The number of carbonyl (C=O) groups is 2. The summed E-state index contributed by atoms with van der Waals surface area (Å²) in [5.74, 6) is 0.451. The minimum Gasteiger partial charge on any atom is -0.449 e. The highest BCUT2D eigenvalue weighted by molar-refractivity contribution is 7.98. The number of esters is 1. The molecular formula is C23H17N3O4S. The van der Waals surface area contributed by atoms with Gasteiger partial charge in [0.15, 0.2) is 5.16 Å². The number of para-hydroxylation sites is 1. The number of furan rings is 1. The maximum atomic E-state index is 13.0. The molecule has 0 saturated heterocycles. The third kappa shape index (κ3) is 4.02. The van der Waals surface area contributed by atoms with E-state index in [-0.39, 0.29) is 11.7 Å². The normalized spacial score (nSPS) is 13.0. The Hall–Kier alpha value is -3.65. The van der Waals surface area contributed by atoms with E-state index in [0.29, 0.717) is 35.1 Å². The molecule has 3 heterocycles. The van der Waals surface area contributed by atoms with Gasteiger partial charge < -0.3 is 14.5 Å². The highest BCUT2D eigenvalue weighted by atomic mass is 32.2. The van der Waals surface area contributed by atoms with E-state index < -0.39 is 5.97 Å². The van der Waals surface area contributed by atoms with E-state index in [2.05, 4.69) is 15.3 Å². The molecule has 1 aliphatic rings. The van der Waals surface area contributed by atoms with Crippen LogP contribution in [0.2, 0.25) is 0 Å². The first kappa shape index (κ1) is 19.3. The van der Waals surface area contributed by atoms with E-state index >= 15 is 0 Å². The molecule has 0 spiro atoms. The van der Waals surface area contributed by atoms with Crippen molar-refractivity contribution in [2.45, 2.75) is 23.8 Å². The molecule has 8 heteroatoms. The van der Waals surface area contributed by atoms with E-state index in [9.17, 15) is 9.59 Å². The van der Waals surface area contributed by atoms with Crippen molar-refractivity contribution in [1.29, 1.82) is 0 Å². The number of hydrogen-bond donors (Lipinski definition) is 1. The Balaban J connectivity index is 1.42. The zero-order chi connectivity index (χ0) is 21.2. The fourth-order valence-corrected chi connectivity index (χ4v) is 4.31. The Labute approximate surface area is 181 Å². The fourth-order valence-electron chi connectivity index (χ4n) is 3.48. The van der Waals surface area contributed by atoms with E-state index in [0.717, 1.165) is 22.2 Å². The number of aromatic nitrogens is 2. The number of nitrogens with one attached hydrogen (secondary N) is 1. The predicted octanol–water partition coefficient (Wildman–Crippen LogP) is 4.62. The van der Waals surface area contributed by atoms with Gasteiger partial charge in [-0.3, -0.25) is 4.79 Å². The predicted molar refractivity (Wildman–Crippen MR) is 116 cm³/mol. The first-order valence-corrected chi connectivity index (χ1v) is 10.7. The summed E-state index contributed by atoms with van der Waals surface area (Å²) < 4.78 is 11.5. The number of ether oxygens (including phenoxy) is 1. The molecular weight excluding hydrogens is 414 g/mol. The number of rotatable bonds is 5. The SMILES string of the molecule is O=C1CCc2cc(OC(=O)c3oc4ccccc4c3CSc3ncccn3)ccc2N1. The Morgan fingerprint density at radius 1 is 1.10 bits per heavy atom. The largest absolute Gasteiger partial charge is 0.449 e. The zero-order valence-corrected chi connectivity index (χ0v) is 17.1. The van der Waals surface area contributed by atoms with Crippen molar-refractivity contribution in [2.75, 3.05) is 5.32 Å². The van der Waals surface area contributed by atoms with Crippen LogP contribution in [0.15, 0.2) is 70.5 Å². The van der Waals surface area contributed by atoms with Crippen LogP contribution in [-0.4, -0.2) is 21.8 Å². The van der Waals surface area contributed by atoms with Gasteiger partial charge in [0.25, 0.3) is 0 Å². The molecule has 0 saturated carbocycles. The highest BCUT2D eigenvalue weighted by Crippen LogP contribution is 2.32. The fraction of sp³-hybridized carbons (Fsp3) is 0.130. The van der Waals surface area contributed by atoms with Gasteiger partial charge in [-0.05, 0) is 42.3 Å². The number of hydrogen-bond acceptors (Lipinski definition) is 7. The second-order valence-corrected chi connectivity index (χ2v) is 7.93. The second-order valence-electron chi connectivity index (χ2n) is 6.98. The highest BCUT2D eigenvalue weighted by Gasteiger charge is 2.23. The molecule has 1 amide bonds. The molecule has 154 valence electrons. The lowest BCUT2D eigenvalue weighted by Crippen LogP contribution is -2.19. The molecule has 31 heavy (non-hydrogen) atoms. The Morgan fingerprint density at radius 2 is 1.94 bits per heavy atom. The minimum absolute atomic E-state index is 0.0101. The quantitative estimate of drug-likeness (QED) is 0.213. The average Bonchev–Trinajstić information content (AvgIpc) is 3.17. The van der Waals surface area contributed by atoms with Gasteiger partial charge in [-0.1, -0.05) is 30.0 Å². The summed E-state index contributed by atoms with van der Waals surface area (Å²) in [6, 6.07) is 14.4. The Bertz CT molecular complexity index is 1290. The lowest BCUT2D eigenvalue weighted by molar-refractivity contribution is -0.116. The molecule has 4 aromatic rings. The molecule has 0 atom stereocenters. The number of aryl methyl sites for hydroxylation is 1. The van der Waals surface area contributed by atoms with Crippen molar-refractivity contribution in [3.8, 4) is 5.75 Å². The van der Waals surface area contributed by atoms with Crippen LogP contribution in [0.4, 0.5) is 5.69 Å². The van der Waals surface area contributed by atoms with Crippen molar-refractivity contribution in [3.05, 3.63) is 77.8 Å². The topological polar surface area (TPSA) is 94.3 Å². The van der Waals surface area contributed by atoms with Gasteiger partial charge in [0.1, 0.15) is 11.3 Å². The second kappa shape index (κ2) is 8.23. The summed E-state index contributed by atoms with van der Waals surface area (Å²) in [5, 5.41) is 4.29. The monoisotopic (exact) mass is 431 g/mol. The summed E-state index contributed by atoms with van der Waals surface area (Å²) in [6.07, 6.45) is 4.38. The van der Waals surface area contributed by atoms with Gasteiger partial charge in [0, 0.05) is 41.2 Å². The lowest BCUT2D eigenvalue weighted by Gasteiger charge is -2.17. The summed E-state index contributed by atoms with van der Waals surface area (Å²) in [5.41, 5.74) is 3.04. The lowest BCUT2D eigenvalue weighted by atomic mass is 10.0. The van der Waals surface area contributed by atoms with Crippen LogP contribution in [0.5, 0.6) is 5.75 Å². The third-order valence-corrected chi connectivity index (χ3v) is 5.86. The summed E-state index contributed by atoms with van der Waals surface area (Å²) in [7, 11) is 0. The van der Waals surface area contributed by atoms with Crippen LogP contribution in [0, 0.1) is 0 Å². The van der Waals surface area contributed by atoms with Crippen LogP contribution >= 0.6 is 11.8 Å². The van der Waals surface area contributed by atoms with Gasteiger partial charge in [0.2, 0.25) is 11.7 Å². The van der Waals surface area contributed by atoms with Crippen molar-refractivity contribution in [1.82, 2.24) is 9.97 Å². The van der Waals surface area contributed by atoms with E-state index in [1.54, 1.807) is 36.7 Å². The number of carbonyl (C=O) groups excluding carboxylic acids is 2. The molecule has 0 radical (unpaired) electrons. The van der Waals surface area contributed by atoms with Crippen molar-refractivity contribution in [2.24, 2.45) is 0 Å². The maximum absolute atomic E-state index is 13.0. The first-order chi connectivity index (χ1) is 15.2. The molecule has 0 bridgehead atoms. The third-order valence-electron chi connectivity index (χ3n) is 4.95. The molecule has 0 aliphatic carbocycles. The number of fused-ring (bicyclic) bond motifs is 2. The van der Waals surface area contributed by atoms with Crippen molar-refractivity contribution in [3.63, 3.8) is 0 Å². The Morgan fingerprint density at radius 3 is 2.81 bits per heavy atom. The van der Waals surface area contributed by atoms with Gasteiger partial charge in [0.05, 0.1) is 0 Å². The molecule has 2 aromatic heterocycles. The number of benzene rings is 2. The van der Waals surface area contributed by atoms with Gasteiger partial charge in [-0.25, -0.2) is 14.8 Å². The average molecular weight is 431 g/mol. The molecule has 5 rings (SSSR count). The molecule has 0 fully saturated rings. The van der Waals surface area contributed by atoms with Gasteiger partial charge in [-0.15, -0.1) is 0 Å². The van der Waals surface area contributed by atoms with Gasteiger partial charge in [-0.2, -0.15) is 0 Å². The standard InChI is InChI=1S/C23H17N3O4S/c27-20-9-6-14-12-15(7-8-18(14)26-20)29-22(28)21-17(13-31-23-24-10-3-11-25-23)16-4-1-2-5-19(16)30-21/h1-5,7-8,10-12H,6,9,13H2,(H,26,27). The van der Waals surface area contributed by atoms with Crippen LogP contribution in [0.1, 0.15) is 28.1 Å². The van der Waals surface area contributed by atoms with Crippen LogP contribution in [0.3, 0.4) is 0 Å².